The van der Waals surface area contributed by atoms with Crippen molar-refractivity contribution in [1.29, 1.82) is 0 Å². The number of hydrogen-bond acceptors (Lipinski definition) is 7. The lowest BCUT2D eigenvalue weighted by Crippen LogP contribution is -2.49. The van der Waals surface area contributed by atoms with Gasteiger partial charge in [0.1, 0.15) is 16.4 Å². The molecule has 1 aromatic heterocycles. The first-order valence-electron chi connectivity index (χ1n) is 11.2. The molecule has 10 heteroatoms. The van der Waals surface area contributed by atoms with E-state index in [1.54, 1.807) is 18.2 Å². The molecule has 1 saturated heterocycles. The SMILES string of the molecule is CCOc1ccc(S(=O)(=O)N2CCN(c3ccc(-c4ccccc4Cl)nn3)CC2)c(OCC)c1. The molecule has 180 valence electrons. The van der Waals surface area contributed by atoms with Gasteiger partial charge < -0.3 is 14.4 Å². The van der Waals surface area contributed by atoms with E-state index in [0.717, 1.165) is 5.56 Å². The van der Waals surface area contributed by atoms with Gasteiger partial charge in [-0.2, -0.15) is 4.31 Å². The lowest BCUT2D eigenvalue weighted by molar-refractivity contribution is 0.314. The highest BCUT2D eigenvalue weighted by atomic mass is 35.5. The number of aromatic nitrogens is 2. The van der Waals surface area contributed by atoms with E-state index in [1.807, 2.05) is 55.1 Å². The summed E-state index contributed by atoms with van der Waals surface area (Å²) in [4.78, 5) is 2.17. The van der Waals surface area contributed by atoms with E-state index in [0.29, 0.717) is 67.4 Å². The first-order valence-corrected chi connectivity index (χ1v) is 13.0. The first-order chi connectivity index (χ1) is 16.4. The van der Waals surface area contributed by atoms with Gasteiger partial charge in [0.15, 0.2) is 5.82 Å². The van der Waals surface area contributed by atoms with E-state index in [9.17, 15) is 8.42 Å². The van der Waals surface area contributed by atoms with Crippen molar-refractivity contribution in [1.82, 2.24) is 14.5 Å². The minimum atomic E-state index is -3.72. The maximum absolute atomic E-state index is 13.4. The van der Waals surface area contributed by atoms with Crippen LogP contribution in [0.25, 0.3) is 11.3 Å². The Morgan fingerprint density at radius 1 is 0.912 bits per heavy atom. The molecular weight excluding hydrogens is 476 g/mol. The third-order valence-electron chi connectivity index (χ3n) is 5.51. The van der Waals surface area contributed by atoms with Gasteiger partial charge in [-0.05, 0) is 44.2 Å². The minimum absolute atomic E-state index is 0.148. The molecule has 4 rings (SSSR count). The van der Waals surface area contributed by atoms with Crippen LogP contribution in [0.5, 0.6) is 11.5 Å². The lowest BCUT2D eigenvalue weighted by atomic mass is 10.1. The highest BCUT2D eigenvalue weighted by Gasteiger charge is 2.31. The molecule has 2 heterocycles. The fourth-order valence-corrected chi connectivity index (χ4v) is 5.60. The molecule has 0 radical (unpaired) electrons. The van der Waals surface area contributed by atoms with Gasteiger partial charge in [-0.3, -0.25) is 0 Å². The van der Waals surface area contributed by atoms with Gasteiger partial charge in [-0.1, -0.05) is 29.8 Å². The second-order valence-electron chi connectivity index (χ2n) is 7.62. The van der Waals surface area contributed by atoms with Gasteiger partial charge in [0.25, 0.3) is 0 Å². The minimum Gasteiger partial charge on any atom is -0.494 e. The molecule has 1 fully saturated rings. The Morgan fingerprint density at radius 2 is 1.65 bits per heavy atom. The van der Waals surface area contributed by atoms with E-state index < -0.39 is 10.0 Å². The quantitative estimate of drug-likeness (QED) is 0.458. The molecular formula is C24H27ClN4O4S. The zero-order valence-corrected chi connectivity index (χ0v) is 20.7. The molecule has 0 spiro atoms. The highest BCUT2D eigenvalue weighted by Crippen LogP contribution is 2.32. The summed E-state index contributed by atoms with van der Waals surface area (Å²) in [6.07, 6.45) is 0. The van der Waals surface area contributed by atoms with Crippen molar-refractivity contribution in [2.24, 2.45) is 0 Å². The molecule has 34 heavy (non-hydrogen) atoms. The van der Waals surface area contributed by atoms with Crippen LogP contribution < -0.4 is 14.4 Å². The Kier molecular flexibility index (Phi) is 7.55. The molecule has 1 aliphatic rings. The fourth-order valence-electron chi connectivity index (χ4n) is 3.83. The summed E-state index contributed by atoms with van der Waals surface area (Å²) in [5.74, 6) is 1.58. The van der Waals surface area contributed by atoms with Gasteiger partial charge in [-0.15, -0.1) is 10.2 Å². The zero-order valence-electron chi connectivity index (χ0n) is 19.1. The summed E-state index contributed by atoms with van der Waals surface area (Å²) in [5, 5.41) is 9.28. The van der Waals surface area contributed by atoms with Crippen LogP contribution in [0.2, 0.25) is 5.02 Å². The third-order valence-corrected chi connectivity index (χ3v) is 7.77. The van der Waals surface area contributed by atoms with Crippen molar-refractivity contribution >= 4 is 27.4 Å². The summed E-state index contributed by atoms with van der Waals surface area (Å²) in [5.41, 5.74) is 1.51. The van der Waals surface area contributed by atoms with Crippen LogP contribution in [0.4, 0.5) is 5.82 Å². The normalized spacial score (nSPS) is 14.7. The van der Waals surface area contributed by atoms with Crippen molar-refractivity contribution in [2.45, 2.75) is 18.7 Å². The number of ether oxygens (including phenoxy) is 2. The van der Waals surface area contributed by atoms with Crippen LogP contribution in [-0.4, -0.2) is 62.3 Å². The molecule has 0 amide bonds. The maximum atomic E-state index is 13.4. The summed E-state index contributed by atoms with van der Waals surface area (Å²) >= 11 is 6.26. The van der Waals surface area contributed by atoms with Crippen LogP contribution in [0.15, 0.2) is 59.5 Å². The largest absolute Gasteiger partial charge is 0.494 e. The predicted octanol–water partition coefficient (Wildman–Crippen LogP) is 4.11. The summed E-state index contributed by atoms with van der Waals surface area (Å²) in [6.45, 7) is 6.20. The molecule has 0 aliphatic carbocycles. The fraction of sp³-hybridized carbons (Fsp3) is 0.333. The van der Waals surface area contributed by atoms with E-state index >= 15 is 0 Å². The monoisotopic (exact) mass is 502 g/mol. The Labute approximate surface area is 205 Å². The summed E-state index contributed by atoms with van der Waals surface area (Å²) in [7, 11) is -3.72. The van der Waals surface area contributed by atoms with E-state index in [4.69, 9.17) is 21.1 Å². The molecule has 0 N–H and O–H groups in total. The van der Waals surface area contributed by atoms with Crippen LogP contribution in [0.3, 0.4) is 0 Å². The van der Waals surface area contributed by atoms with Gasteiger partial charge >= 0.3 is 0 Å². The Balaban J connectivity index is 1.47. The van der Waals surface area contributed by atoms with Crippen molar-refractivity contribution < 1.29 is 17.9 Å². The number of hydrogen-bond donors (Lipinski definition) is 0. The standard InChI is InChI=1S/C24H27ClN4O4S/c1-3-32-18-9-11-23(22(17-18)33-4-2)34(30,31)29-15-13-28(14-16-29)24-12-10-21(26-27-24)19-7-5-6-8-20(19)25/h5-12,17H,3-4,13-16H2,1-2H3. The van der Waals surface area contributed by atoms with E-state index in [1.165, 1.54) is 4.31 Å². The van der Waals surface area contributed by atoms with E-state index in [-0.39, 0.29) is 4.90 Å². The molecule has 2 aromatic carbocycles. The summed E-state index contributed by atoms with van der Waals surface area (Å²) in [6, 6.07) is 16.1. The van der Waals surface area contributed by atoms with Gasteiger partial charge in [0.2, 0.25) is 10.0 Å². The Hall–Kier alpha value is -2.88. The van der Waals surface area contributed by atoms with Crippen LogP contribution in [-0.2, 0) is 10.0 Å². The summed E-state index contributed by atoms with van der Waals surface area (Å²) < 4.78 is 39.3. The topological polar surface area (TPSA) is 84.9 Å². The molecule has 1 aliphatic heterocycles. The van der Waals surface area contributed by atoms with E-state index in [2.05, 4.69) is 10.2 Å². The number of halogens is 1. The van der Waals surface area contributed by atoms with Crippen LogP contribution >= 0.6 is 11.6 Å². The number of sulfonamides is 1. The first kappa shape index (κ1) is 24.3. The predicted molar refractivity (Wildman–Crippen MR) is 132 cm³/mol. The van der Waals surface area contributed by atoms with Gasteiger partial charge in [0.05, 0.1) is 23.9 Å². The Morgan fingerprint density at radius 3 is 2.29 bits per heavy atom. The number of rotatable bonds is 8. The van der Waals surface area contributed by atoms with Gasteiger partial charge in [0, 0.05) is 37.8 Å². The van der Waals surface area contributed by atoms with Crippen molar-refractivity contribution in [2.75, 3.05) is 44.3 Å². The number of benzene rings is 2. The average molecular weight is 503 g/mol. The Bertz CT molecular complexity index is 1230. The molecule has 0 saturated carbocycles. The molecule has 8 nitrogen and oxygen atoms in total. The highest BCUT2D eigenvalue weighted by molar-refractivity contribution is 7.89. The number of nitrogens with zero attached hydrogens (tertiary/aromatic N) is 4. The molecule has 0 unspecified atom stereocenters. The number of piperazine rings is 1. The molecule has 3 aromatic rings. The smallest absolute Gasteiger partial charge is 0.246 e. The molecule has 0 atom stereocenters. The maximum Gasteiger partial charge on any atom is 0.246 e. The lowest BCUT2D eigenvalue weighted by Gasteiger charge is -2.34. The molecule has 0 bridgehead atoms. The average Bonchev–Trinajstić information content (AvgIpc) is 2.85. The second kappa shape index (κ2) is 10.6. The second-order valence-corrected chi connectivity index (χ2v) is 9.94. The number of anilines is 1. The van der Waals surface area contributed by atoms with Crippen molar-refractivity contribution in [3.8, 4) is 22.8 Å². The third kappa shape index (κ3) is 5.11. The van der Waals surface area contributed by atoms with Crippen molar-refractivity contribution in [3.63, 3.8) is 0 Å². The zero-order chi connectivity index (χ0) is 24.1. The van der Waals surface area contributed by atoms with Gasteiger partial charge in [-0.25, -0.2) is 8.42 Å². The van der Waals surface area contributed by atoms with Crippen LogP contribution in [0, 0.1) is 0 Å². The van der Waals surface area contributed by atoms with Crippen LogP contribution in [0.1, 0.15) is 13.8 Å². The van der Waals surface area contributed by atoms with Crippen molar-refractivity contribution in [3.05, 3.63) is 59.6 Å².